The van der Waals surface area contributed by atoms with Crippen molar-refractivity contribution < 1.29 is 23.1 Å². The Morgan fingerprint density at radius 1 is 1.29 bits per heavy atom. The minimum absolute atomic E-state index is 0.157. The van der Waals surface area contributed by atoms with E-state index < -0.39 is 38.1 Å². The van der Waals surface area contributed by atoms with E-state index in [1.807, 2.05) is 0 Å². The molecule has 0 unspecified atom stereocenters. The zero-order valence-corrected chi connectivity index (χ0v) is 13.3. The van der Waals surface area contributed by atoms with Gasteiger partial charge in [0, 0.05) is 13.0 Å². The van der Waals surface area contributed by atoms with Crippen molar-refractivity contribution in [1.29, 1.82) is 0 Å². The van der Waals surface area contributed by atoms with E-state index in [4.69, 9.17) is 28.3 Å². The molecule has 1 amide bonds. The maximum absolute atomic E-state index is 12.1. The highest BCUT2D eigenvalue weighted by Crippen LogP contribution is 2.31. The highest BCUT2D eigenvalue weighted by molar-refractivity contribution is 7.91. The van der Waals surface area contributed by atoms with Gasteiger partial charge >= 0.3 is 5.97 Å². The van der Waals surface area contributed by atoms with E-state index in [1.54, 1.807) is 6.92 Å². The average molecular weight is 354 g/mol. The summed E-state index contributed by atoms with van der Waals surface area (Å²) in [4.78, 5) is 22.0. The van der Waals surface area contributed by atoms with Crippen LogP contribution in [0.5, 0.6) is 0 Å². The van der Waals surface area contributed by atoms with E-state index in [1.165, 1.54) is 0 Å². The summed E-state index contributed by atoms with van der Waals surface area (Å²) >= 11 is 11.5. The van der Waals surface area contributed by atoms with E-state index in [0.29, 0.717) is 6.54 Å². The Bertz CT molecular complexity index is 672. The summed E-state index contributed by atoms with van der Waals surface area (Å²) in [5, 5.41) is 10.9. The maximum Gasteiger partial charge on any atom is 0.338 e. The molecule has 1 aromatic carbocycles. The minimum atomic E-state index is -3.89. The Morgan fingerprint density at radius 2 is 1.90 bits per heavy atom. The van der Waals surface area contributed by atoms with Crippen molar-refractivity contribution in [2.75, 3.05) is 12.3 Å². The quantitative estimate of drug-likeness (QED) is 0.814. The second kappa shape index (κ2) is 7.11. The Kier molecular flexibility index (Phi) is 6.00. The number of carboxylic acids is 1. The van der Waals surface area contributed by atoms with Crippen LogP contribution in [-0.2, 0) is 14.6 Å². The third-order valence-corrected chi connectivity index (χ3v) is 5.15. The number of nitrogens with one attached hydrogen (secondary N) is 1. The predicted molar refractivity (Wildman–Crippen MR) is 78.8 cm³/mol. The van der Waals surface area contributed by atoms with E-state index in [0.717, 1.165) is 12.1 Å². The van der Waals surface area contributed by atoms with Crippen LogP contribution >= 0.6 is 23.2 Å². The molecule has 1 aromatic rings. The third kappa shape index (κ3) is 4.33. The number of rotatable bonds is 6. The summed E-state index contributed by atoms with van der Waals surface area (Å²) in [6.45, 7) is 2.10. The lowest BCUT2D eigenvalue weighted by atomic mass is 10.2. The summed E-state index contributed by atoms with van der Waals surface area (Å²) in [5.74, 6) is -2.31. The Balaban J connectivity index is 3.13. The van der Waals surface area contributed by atoms with Crippen LogP contribution < -0.4 is 5.32 Å². The zero-order chi connectivity index (χ0) is 16.2. The first-order valence-electron chi connectivity index (χ1n) is 5.91. The van der Waals surface area contributed by atoms with Gasteiger partial charge in [-0.25, -0.2) is 13.2 Å². The topological polar surface area (TPSA) is 101 Å². The first-order valence-corrected chi connectivity index (χ1v) is 8.32. The molecule has 0 atom stereocenters. The van der Waals surface area contributed by atoms with Gasteiger partial charge in [-0.15, -0.1) is 0 Å². The normalized spacial score (nSPS) is 11.2. The number of carbonyl (C=O) groups excluding carboxylic acids is 1. The Hall–Kier alpha value is -1.31. The molecule has 2 N–H and O–H groups in total. The molecule has 9 heteroatoms. The number of carbonyl (C=O) groups is 2. The van der Waals surface area contributed by atoms with Crippen molar-refractivity contribution in [2.45, 2.75) is 18.2 Å². The van der Waals surface area contributed by atoms with Gasteiger partial charge in [0.1, 0.15) is 0 Å². The Morgan fingerprint density at radius 3 is 2.43 bits per heavy atom. The number of sulfone groups is 1. The maximum atomic E-state index is 12.1. The molecule has 0 aromatic heterocycles. The molecular formula is C12H13Cl2NO5S. The highest BCUT2D eigenvalue weighted by atomic mass is 35.5. The number of amides is 1. The van der Waals surface area contributed by atoms with Gasteiger partial charge in [0.15, 0.2) is 9.84 Å². The summed E-state index contributed by atoms with van der Waals surface area (Å²) in [7, 11) is -3.89. The van der Waals surface area contributed by atoms with E-state index >= 15 is 0 Å². The van der Waals surface area contributed by atoms with E-state index in [-0.39, 0.29) is 16.3 Å². The average Bonchev–Trinajstić information content (AvgIpc) is 2.36. The number of hydrogen-bond acceptors (Lipinski definition) is 4. The third-order valence-electron chi connectivity index (χ3n) is 2.58. The fraction of sp³-hybridized carbons (Fsp3) is 0.333. The van der Waals surface area contributed by atoms with Crippen molar-refractivity contribution in [3.63, 3.8) is 0 Å². The van der Waals surface area contributed by atoms with Crippen molar-refractivity contribution in [2.24, 2.45) is 0 Å². The van der Waals surface area contributed by atoms with Crippen LogP contribution in [0.4, 0.5) is 0 Å². The lowest BCUT2D eigenvalue weighted by Gasteiger charge is -2.09. The smallest absolute Gasteiger partial charge is 0.338 e. The van der Waals surface area contributed by atoms with E-state index in [9.17, 15) is 18.0 Å². The second-order valence-electron chi connectivity index (χ2n) is 4.06. The van der Waals surface area contributed by atoms with Gasteiger partial charge in [0.05, 0.1) is 26.3 Å². The highest BCUT2D eigenvalue weighted by Gasteiger charge is 2.25. The molecule has 0 saturated carbocycles. The van der Waals surface area contributed by atoms with Gasteiger partial charge in [-0.3, -0.25) is 4.79 Å². The number of aromatic carboxylic acids is 1. The number of carboxylic acid groups (broad SMARTS) is 1. The molecule has 1 rings (SSSR count). The van der Waals surface area contributed by atoms with Gasteiger partial charge in [-0.1, -0.05) is 23.2 Å². The molecule has 0 radical (unpaired) electrons. The van der Waals surface area contributed by atoms with Crippen molar-refractivity contribution in [3.05, 3.63) is 27.7 Å². The summed E-state index contributed by atoms with van der Waals surface area (Å²) in [6.07, 6.45) is -0.239. The molecule has 0 aliphatic carbocycles. The second-order valence-corrected chi connectivity index (χ2v) is 6.92. The van der Waals surface area contributed by atoms with Gasteiger partial charge in [-0.05, 0) is 19.1 Å². The molecular weight excluding hydrogens is 341 g/mol. The molecule has 0 aliphatic rings. The predicted octanol–water partition coefficient (Wildman–Crippen LogP) is 1.99. The monoisotopic (exact) mass is 353 g/mol. The van der Waals surface area contributed by atoms with Crippen LogP contribution in [-0.4, -0.2) is 37.7 Å². The van der Waals surface area contributed by atoms with Crippen LogP contribution in [0.15, 0.2) is 17.0 Å². The van der Waals surface area contributed by atoms with Crippen molar-refractivity contribution in [1.82, 2.24) is 5.32 Å². The van der Waals surface area contributed by atoms with E-state index in [2.05, 4.69) is 5.32 Å². The number of benzene rings is 1. The minimum Gasteiger partial charge on any atom is -0.478 e. The molecule has 0 bridgehead atoms. The first kappa shape index (κ1) is 17.7. The molecule has 0 spiro atoms. The molecule has 0 fully saturated rings. The van der Waals surface area contributed by atoms with Crippen LogP contribution in [0.2, 0.25) is 10.0 Å². The van der Waals surface area contributed by atoms with Gasteiger partial charge < -0.3 is 10.4 Å². The largest absolute Gasteiger partial charge is 0.478 e. The zero-order valence-electron chi connectivity index (χ0n) is 11.0. The Labute approximate surface area is 132 Å². The van der Waals surface area contributed by atoms with Crippen molar-refractivity contribution >= 4 is 44.9 Å². The fourth-order valence-corrected chi connectivity index (χ4v) is 3.80. The standard InChI is InChI=1S/C12H13Cl2NO5S/c1-2-15-9(16)5-6-21(19,20)8-4-3-7(13)10(11(8)14)12(17)18/h3-4H,2,5-6H2,1H3,(H,15,16)(H,17,18). The molecule has 0 heterocycles. The van der Waals surface area contributed by atoms with Gasteiger partial charge in [0.25, 0.3) is 0 Å². The molecule has 0 saturated heterocycles. The summed E-state index contributed by atoms with van der Waals surface area (Å²) in [5.41, 5.74) is -0.475. The number of halogens is 2. The lowest BCUT2D eigenvalue weighted by molar-refractivity contribution is -0.120. The lowest BCUT2D eigenvalue weighted by Crippen LogP contribution is -2.25. The van der Waals surface area contributed by atoms with Crippen LogP contribution in [0.1, 0.15) is 23.7 Å². The van der Waals surface area contributed by atoms with Crippen molar-refractivity contribution in [3.8, 4) is 0 Å². The molecule has 116 valence electrons. The van der Waals surface area contributed by atoms with Crippen LogP contribution in [0.3, 0.4) is 0 Å². The summed E-state index contributed by atoms with van der Waals surface area (Å²) in [6, 6.07) is 2.28. The SMILES string of the molecule is CCNC(=O)CCS(=O)(=O)c1ccc(Cl)c(C(=O)O)c1Cl. The fourth-order valence-electron chi connectivity index (χ4n) is 1.59. The summed E-state index contributed by atoms with van der Waals surface area (Å²) < 4.78 is 24.3. The molecule has 0 aliphatic heterocycles. The first-order chi connectivity index (χ1) is 9.70. The van der Waals surface area contributed by atoms with Gasteiger partial charge in [-0.2, -0.15) is 0 Å². The van der Waals surface area contributed by atoms with Crippen LogP contribution in [0.25, 0.3) is 0 Å². The molecule has 6 nitrogen and oxygen atoms in total. The van der Waals surface area contributed by atoms with Gasteiger partial charge in [0.2, 0.25) is 5.91 Å². The van der Waals surface area contributed by atoms with Crippen LogP contribution in [0, 0.1) is 0 Å². The molecule has 21 heavy (non-hydrogen) atoms. The number of hydrogen-bond donors (Lipinski definition) is 2.